The third-order valence-electron chi connectivity index (χ3n) is 3.30. The minimum Gasteiger partial charge on any atom is -0.493 e. The molecule has 0 aliphatic carbocycles. The zero-order chi connectivity index (χ0) is 16.7. The van der Waals surface area contributed by atoms with Crippen LogP contribution in [0, 0.1) is 0 Å². The summed E-state index contributed by atoms with van der Waals surface area (Å²) in [5.74, 6) is 1.39. The van der Waals surface area contributed by atoms with Crippen molar-refractivity contribution in [3.63, 3.8) is 0 Å². The average Bonchev–Trinajstić information content (AvgIpc) is 2.54. The fraction of sp³-hybridized carbons (Fsp3) is 0.333. The van der Waals surface area contributed by atoms with Crippen molar-refractivity contribution in [2.24, 2.45) is 0 Å². The first-order valence-electron chi connectivity index (χ1n) is 7.51. The fourth-order valence-electron chi connectivity index (χ4n) is 2.11. The van der Waals surface area contributed by atoms with Gasteiger partial charge in [0.15, 0.2) is 11.5 Å². The molecule has 0 aromatic heterocycles. The maximum absolute atomic E-state index is 9.26. The Hall–Kier alpha value is -1.46. The second-order valence-corrected chi connectivity index (χ2v) is 5.82. The van der Waals surface area contributed by atoms with E-state index in [4.69, 9.17) is 21.1 Å². The molecule has 2 aromatic rings. The number of rotatable bonds is 8. The summed E-state index contributed by atoms with van der Waals surface area (Å²) in [7, 11) is 1.62. The van der Waals surface area contributed by atoms with Crippen LogP contribution in [0.25, 0.3) is 0 Å². The predicted molar refractivity (Wildman–Crippen MR) is 99.4 cm³/mol. The van der Waals surface area contributed by atoms with E-state index in [0.717, 1.165) is 11.1 Å². The van der Waals surface area contributed by atoms with Gasteiger partial charge in [0, 0.05) is 18.1 Å². The summed E-state index contributed by atoms with van der Waals surface area (Å²) in [6.45, 7) is 3.42. The van der Waals surface area contributed by atoms with Crippen molar-refractivity contribution >= 4 is 24.0 Å². The van der Waals surface area contributed by atoms with Gasteiger partial charge in [0.2, 0.25) is 0 Å². The smallest absolute Gasteiger partial charge is 0.161 e. The number of ether oxygens (including phenoxy) is 2. The van der Waals surface area contributed by atoms with Gasteiger partial charge in [-0.2, -0.15) is 0 Å². The summed E-state index contributed by atoms with van der Waals surface area (Å²) in [6, 6.07) is 13.4. The number of hydrogen-bond donors (Lipinski definition) is 2. The van der Waals surface area contributed by atoms with E-state index in [9.17, 15) is 5.11 Å². The van der Waals surface area contributed by atoms with Gasteiger partial charge in [-0.3, -0.25) is 0 Å². The van der Waals surface area contributed by atoms with E-state index in [-0.39, 0.29) is 18.5 Å². The lowest BCUT2D eigenvalue weighted by molar-refractivity contribution is 0.191. The summed E-state index contributed by atoms with van der Waals surface area (Å²) in [5, 5.41) is 13.1. The third kappa shape index (κ3) is 6.57. The largest absolute Gasteiger partial charge is 0.493 e. The molecule has 2 rings (SSSR count). The van der Waals surface area contributed by atoms with Gasteiger partial charge in [-0.25, -0.2) is 0 Å². The molecule has 0 aliphatic heterocycles. The van der Waals surface area contributed by atoms with E-state index < -0.39 is 0 Å². The summed E-state index contributed by atoms with van der Waals surface area (Å²) >= 11 is 5.87. The van der Waals surface area contributed by atoms with Gasteiger partial charge >= 0.3 is 0 Å². The molecule has 0 saturated carbocycles. The SMILES string of the molecule is COc1cc(CNCC(C)O)ccc1OCc1ccc(Cl)cc1.Cl. The highest BCUT2D eigenvalue weighted by molar-refractivity contribution is 6.30. The van der Waals surface area contributed by atoms with Crippen molar-refractivity contribution in [3.05, 3.63) is 58.6 Å². The van der Waals surface area contributed by atoms with Crippen LogP contribution >= 0.6 is 24.0 Å². The topological polar surface area (TPSA) is 50.7 Å². The van der Waals surface area contributed by atoms with Crippen molar-refractivity contribution < 1.29 is 14.6 Å². The third-order valence-corrected chi connectivity index (χ3v) is 3.56. The van der Waals surface area contributed by atoms with Crippen LogP contribution in [-0.2, 0) is 13.2 Å². The molecule has 6 heteroatoms. The standard InChI is InChI=1S/C18H22ClNO3.ClH/c1-13(21)10-20-11-15-5-8-17(18(9-15)22-2)23-12-14-3-6-16(19)7-4-14;/h3-9,13,20-21H,10-12H2,1-2H3;1H. The van der Waals surface area contributed by atoms with Gasteiger partial charge in [0.1, 0.15) is 6.61 Å². The number of benzene rings is 2. The van der Waals surface area contributed by atoms with Crippen molar-refractivity contribution in [2.45, 2.75) is 26.2 Å². The lowest BCUT2D eigenvalue weighted by Crippen LogP contribution is -2.23. The van der Waals surface area contributed by atoms with E-state index >= 15 is 0 Å². The quantitative estimate of drug-likeness (QED) is 0.740. The van der Waals surface area contributed by atoms with Crippen LogP contribution in [0.2, 0.25) is 5.02 Å². The first-order chi connectivity index (χ1) is 11.1. The minimum absolute atomic E-state index is 0. The Kier molecular flexibility index (Phi) is 8.93. The Bertz CT molecular complexity index is 618. The van der Waals surface area contributed by atoms with Crippen LogP contribution in [0.5, 0.6) is 11.5 Å². The monoisotopic (exact) mass is 371 g/mol. The van der Waals surface area contributed by atoms with Crippen molar-refractivity contribution in [3.8, 4) is 11.5 Å². The van der Waals surface area contributed by atoms with Gasteiger partial charge in [0.05, 0.1) is 13.2 Å². The molecule has 0 heterocycles. The zero-order valence-corrected chi connectivity index (χ0v) is 15.4. The average molecular weight is 372 g/mol. The van der Waals surface area contributed by atoms with Crippen LogP contribution in [0.1, 0.15) is 18.1 Å². The highest BCUT2D eigenvalue weighted by Crippen LogP contribution is 2.29. The highest BCUT2D eigenvalue weighted by Gasteiger charge is 2.07. The number of aliphatic hydroxyl groups is 1. The Balaban J connectivity index is 0.00000288. The first kappa shape index (κ1) is 20.6. The highest BCUT2D eigenvalue weighted by atomic mass is 35.5. The minimum atomic E-state index is -0.362. The number of methoxy groups -OCH3 is 1. The van der Waals surface area contributed by atoms with E-state index in [1.807, 2.05) is 42.5 Å². The molecule has 0 spiro atoms. The molecule has 2 N–H and O–H groups in total. The summed E-state index contributed by atoms with van der Waals surface area (Å²) in [5.41, 5.74) is 2.11. The molecule has 0 bridgehead atoms. The second kappa shape index (κ2) is 10.4. The molecule has 24 heavy (non-hydrogen) atoms. The molecule has 0 fully saturated rings. The van der Waals surface area contributed by atoms with Gasteiger partial charge in [-0.15, -0.1) is 12.4 Å². The Morgan fingerprint density at radius 1 is 1.08 bits per heavy atom. The van der Waals surface area contributed by atoms with E-state index in [1.54, 1.807) is 14.0 Å². The zero-order valence-electron chi connectivity index (χ0n) is 13.8. The van der Waals surface area contributed by atoms with Crippen molar-refractivity contribution in [1.82, 2.24) is 5.32 Å². The molecule has 0 radical (unpaired) electrons. The molecule has 2 aromatic carbocycles. The summed E-state index contributed by atoms with van der Waals surface area (Å²) < 4.78 is 11.2. The Labute approximate surface area is 154 Å². The fourth-order valence-corrected chi connectivity index (χ4v) is 2.23. The van der Waals surface area contributed by atoms with E-state index in [0.29, 0.717) is 36.2 Å². The summed E-state index contributed by atoms with van der Waals surface area (Å²) in [6.07, 6.45) is -0.362. The van der Waals surface area contributed by atoms with Crippen LogP contribution in [0.4, 0.5) is 0 Å². The van der Waals surface area contributed by atoms with Crippen molar-refractivity contribution in [1.29, 1.82) is 0 Å². The number of hydrogen-bond acceptors (Lipinski definition) is 4. The molecular formula is C18H23Cl2NO3. The van der Waals surface area contributed by atoms with Gasteiger partial charge in [-0.1, -0.05) is 29.8 Å². The van der Waals surface area contributed by atoms with E-state index in [2.05, 4.69) is 5.32 Å². The molecule has 132 valence electrons. The van der Waals surface area contributed by atoms with Crippen LogP contribution < -0.4 is 14.8 Å². The van der Waals surface area contributed by atoms with E-state index in [1.165, 1.54) is 0 Å². The molecule has 1 atom stereocenters. The van der Waals surface area contributed by atoms with Gasteiger partial charge in [0.25, 0.3) is 0 Å². The van der Waals surface area contributed by atoms with Crippen LogP contribution in [-0.4, -0.2) is 24.9 Å². The Morgan fingerprint density at radius 2 is 1.75 bits per heavy atom. The van der Waals surface area contributed by atoms with Crippen LogP contribution in [0.3, 0.4) is 0 Å². The number of nitrogens with one attached hydrogen (secondary N) is 1. The van der Waals surface area contributed by atoms with Crippen molar-refractivity contribution in [2.75, 3.05) is 13.7 Å². The normalized spacial score (nSPS) is 11.5. The maximum Gasteiger partial charge on any atom is 0.161 e. The number of halogens is 2. The predicted octanol–water partition coefficient (Wildman–Crippen LogP) is 3.82. The van der Waals surface area contributed by atoms with Crippen LogP contribution in [0.15, 0.2) is 42.5 Å². The molecule has 0 amide bonds. The number of aliphatic hydroxyl groups excluding tert-OH is 1. The molecule has 0 saturated heterocycles. The summed E-state index contributed by atoms with van der Waals surface area (Å²) in [4.78, 5) is 0. The second-order valence-electron chi connectivity index (χ2n) is 5.38. The lowest BCUT2D eigenvalue weighted by Gasteiger charge is -2.13. The maximum atomic E-state index is 9.26. The molecule has 1 unspecified atom stereocenters. The molecule has 4 nitrogen and oxygen atoms in total. The lowest BCUT2D eigenvalue weighted by atomic mass is 10.2. The van der Waals surface area contributed by atoms with Gasteiger partial charge in [-0.05, 0) is 42.3 Å². The first-order valence-corrected chi connectivity index (χ1v) is 7.89. The molecular weight excluding hydrogens is 349 g/mol. The molecule has 0 aliphatic rings. The Morgan fingerprint density at radius 3 is 2.38 bits per heavy atom. The van der Waals surface area contributed by atoms with Gasteiger partial charge < -0.3 is 19.9 Å².